The molecule has 1 heterocycles. The van der Waals surface area contributed by atoms with Crippen LogP contribution in [0.2, 0.25) is 0 Å². The first-order chi connectivity index (χ1) is 8.33. The highest BCUT2D eigenvalue weighted by atomic mass is 19.1. The van der Waals surface area contributed by atoms with Gasteiger partial charge in [0, 0.05) is 5.69 Å². The predicted molar refractivity (Wildman–Crippen MR) is 65.6 cm³/mol. The van der Waals surface area contributed by atoms with Crippen LogP contribution in [-0.2, 0) is 9.59 Å². The number of benzene rings is 1. The summed E-state index contributed by atoms with van der Waals surface area (Å²) in [7, 11) is 0. The van der Waals surface area contributed by atoms with Crippen LogP contribution in [0.5, 0.6) is 0 Å². The van der Waals surface area contributed by atoms with Crippen LogP contribution in [0.4, 0.5) is 10.1 Å². The molecule has 1 saturated heterocycles. The van der Waals surface area contributed by atoms with Crippen LogP contribution in [0.25, 0.3) is 0 Å². The number of anilines is 1. The maximum atomic E-state index is 13.2. The molecule has 4 nitrogen and oxygen atoms in total. The van der Waals surface area contributed by atoms with Gasteiger partial charge >= 0.3 is 0 Å². The molecule has 1 aromatic carbocycles. The lowest BCUT2D eigenvalue weighted by Crippen LogP contribution is -2.67. The van der Waals surface area contributed by atoms with E-state index in [1.807, 2.05) is 0 Å². The zero-order chi connectivity index (χ0) is 13.5. The van der Waals surface area contributed by atoms with Gasteiger partial charge in [-0.05, 0) is 39.0 Å². The van der Waals surface area contributed by atoms with Crippen molar-refractivity contribution in [1.82, 2.24) is 5.32 Å². The van der Waals surface area contributed by atoms with Gasteiger partial charge in [-0.25, -0.2) is 4.39 Å². The van der Waals surface area contributed by atoms with E-state index in [0.29, 0.717) is 5.69 Å². The lowest BCUT2D eigenvalue weighted by atomic mass is 9.96. The number of piperazine rings is 1. The molecule has 2 amide bonds. The summed E-state index contributed by atoms with van der Waals surface area (Å²) in [6.45, 7) is 4.88. The second kappa shape index (κ2) is 4.08. The van der Waals surface area contributed by atoms with Gasteiger partial charge in [-0.1, -0.05) is 6.07 Å². The van der Waals surface area contributed by atoms with Gasteiger partial charge in [-0.3, -0.25) is 14.5 Å². The molecule has 0 aromatic heterocycles. The van der Waals surface area contributed by atoms with Gasteiger partial charge in [0.2, 0.25) is 5.91 Å². The molecule has 0 bridgehead atoms. The summed E-state index contributed by atoms with van der Waals surface area (Å²) >= 11 is 0. The first-order valence-corrected chi connectivity index (χ1v) is 5.74. The third kappa shape index (κ3) is 1.96. The Morgan fingerprint density at radius 2 is 2.00 bits per heavy atom. The van der Waals surface area contributed by atoms with Crippen molar-refractivity contribution in [2.75, 3.05) is 4.90 Å². The van der Waals surface area contributed by atoms with Crippen molar-refractivity contribution in [3.8, 4) is 0 Å². The normalized spacial score (nSPS) is 22.9. The van der Waals surface area contributed by atoms with E-state index in [1.54, 1.807) is 26.8 Å². The number of nitrogens with one attached hydrogen (secondary N) is 1. The minimum Gasteiger partial charge on any atom is -0.340 e. The molecular weight excluding hydrogens is 235 g/mol. The van der Waals surface area contributed by atoms with Crippen molar-refractivity contribution in [2.45, 2.75) is 32.4 Å². The van der Waals surface area contributed by atoms with Crippen molar-refractivity contribution >= 4 is 17.5 Å². The monoisotopic (exact) mass is 250 g/mol. The molecule has 2 rings (SSSR count). The number of carbonyl (C=O) groups excluding carboxylic acids is 2. The number of halogens is 1. The van der Waals surface area contributed by atoms with Crippen LogP contribution in [-0.4, -0.2) is 23.4 Å². The van der Waals surface area contributed by atoms with E-state index in [-0.39, 0.29) is 11.8 Å². The zero-order valence-electron chi connectivity index (χ0n) is 10.5. The quantitative estimate of drug-likeness (QED) is 0.820. The summed E-state index contributed by atoms with van der Waals surface area (Å²) in [6, 6.07) is 5.04. The van der Waals surface area contributed by atoms with E-state index in [0.717, 1.165) is 0 Å². The molecule has 1 aliphatic heterocycles. The number of amides is 2. The maximum Gasteiger partial charge on any atom is 0.252 e. The molecular formula is C13H15FN2O2. The number of hydrogen-bond acceptors (Lipinski definition) is 2. The first-order valence-electron chi connectivity index (χ1n) is 5.74. The number of carbonyl (C=O) groups is 2. The summed E-state index contributed by atoms with van der Waals surface area (Å²) < 4.78 is 13.2. The molecule has 96 valence electrons. The van der Waals surface area contributed by atoms with Crippen LogP contribution in [0.3, 0.4) is 0 Å². The summed E-state index contributed by atoms with van der Waals surface area (Å²) in [6.07, 6.45) is 0. The topological polar surface area (TPSA) is 49.4 Å². The number of nitrogens with zero attached hydrogens (tertiary/aromatic N) is 1. The highest BCUT2D eigenvalue weighted by molar-refractivity contribution is 6.10. The fraction of sp³-hybridized carbons (Fsp3) is 0.385. The maximum absolute atomic E-state index is 13.2. The smallest absolute Gasteiger partial charge is 0.252 e. The Kier molecular flexibility index (Phi) is 2.84. The van der Waals surface area contributed by atoms with E-state index < -0.39 is 17.4 Å². The number of hydrogen-bond donors (Lipinski definition) is 1. The van der Waals surface area contributed by atoms with E-state index in [1.165, 1.54) is 23.1 Å². The molecule has 1 atom stereocenters. The van der Waals surface area contributed by atoms with Crippen molar-refractivity contribution in [3.63, 3.8) is 0 Å². The highest BCUT2D eigenvalue weighted by Crippen LogP contribution is 2.25. The molecule has 18 heavy (non-hydrogen) atoms. The predicted octanol–water partition coefficient (Wildman–Crippen LogP) is 1.46. The fourth-order valence-electron chi connectivity index (χ4n) is 2.03. The third-order valence-corrected chi connectivity index (χ3v) is 3.04. The average molecular weight is 250 g/mol. The molecule has 1 unspecified atom stereocenters. The minimum absolute atomic E-state index is 0.246. The summed E-state index contributed by atoms with van der Waals surface area (Å²) in [5.74, 6) is -0.930. The Morgan fingerprint density at radius 3 is 2.61 bits per heavy atom. The molecule has 0 spiro atoms. The lowest BCUT2D eigenvalue weighted by molar-refractivity contribution is -0.136. The van der Waals surface area contributed by atoms with Gasteiger partial charge in [0.05, 0.1) is 0 Å². The van der Waals surface area contributed by atoms with Crippen LogP contribution in [0, 0.1) is 5.82 Å². The summed E-state index contributed by atoms with van der Waals surface area (Å²) in [4.78, 5) is 25.5. The van der Waals surface area contributed by atoms with Crippen molar-refractivity contribution < 1.29 is 14.0 Å². The van der Waals surface area contributed by atoms with Crippen LogP contribution < -0.4 is 10.2 Å². The Labute approximate surface area is 105 Å². The number of rotatable bonds is 1. The Bertz CT molecular complexity index is 513. The molecule has 1 fully saturated rings. The van der Waals surface area contributed by atoms with E-state index in [4.69, 9.17) is 0 Å². The van der Waals surface area contributed by atoms with Gasteiger partial charge < -0.3 is 5.32 Å². The summed E-state index contributed by atoms with van der Waals surface area (Å²) in [5.41, 5.74) is -0.578. The van der Waals surface area contributed by atoms with E-state index in [2.05, 4.69) is 5.32 Å². The van der Waals surface area contributed by atoms with Crippen LogP contribution in [0.1, 0.15) is 20.8 Å². The fourth-order valence-corrected chi connectivity index (χ4v) is 2.03. The minimum atomic E-state index is -0.976. The van der Waals surface area contributed by atoms with Crippen molar-refractivity contribution in [2.24, 2.45) is 0 Å². The largest absolute Gasteiger partial charge is 0.340 e. The molecule has 1 N–H and O–H groups in total. The SMILES string of the molecule is CC1C(=O)NC(C)(C)C(=O)N1c1cccc(F)c1. The van der Waals surface area contributed by atoms with Crippen molar-refractivity contribution in [1.29, 1.82) is 0 Å². The van der Waals surface area contributed by atoms with E-state index in [9.17, 15) is 14.0 Å². The molecule has 5 heteroatoms. The zero-order valence-corrected chi connectivity index (χ0v) is 10.5. The van der Waals surface area contributed by atoms with Gasteiger partial charge in [0.15, 0.2) is 0 Å². The molecule has 1 aromatic rings. The lowest BCUT2D eigenvalue weighted by Gasteiger charge is -2.41. The van der Waals surface area contributed by atoms with E-state index >= 15 is 0 Å². The molecule has 1 aliphatic rings. The van der Waals surface area contributed by atoms with Gasteiger partial charge in [-0.15, -0.1) is 0 Å². The van der Waals surface area contributed by atoms with Gasteiger partial charge in [0.25, 0.3) is 5.91 Å². The Morgan fingerprint density at radius 1 is 1.33 bits per heavy atom. The molecule has 0 radical (unpaired) electrons. The molecule has 0 saturated carbocycles. The standard InChI is InChI=1S/C13H15FN2O2/c1-8-11(17)15-13(2,3)12(18)16(8)10-6-4-5-9(14)7-10/h4-8H,1-3H3,(H,15,17). The Hall–Kier alpha value is -1.91. The molecule has 0 aliphatic carbocycles. The van der Waals surface area contributed by atoms with Crippen LogP contribution in [0.15, 0.2) is 24.3 Å². The third-order valence-electron chi connectivity index (χ3n) is 3.04. The van der Waals surface area contributed by atoms with Crippen LogP contribution >= 0.6 is 0 Å². The van der Waals surface area contributed by atoms with Crippen molar-refractivity contribution in [3.05, 3.63) is 30.1 Å². The second-order valence-electron chi connectivity index (χ2n) is 4.95. The average Bonchev–Trinajstić information content (AvgIpc) is 2.27. The summed E-state index contributed by atoms with van der Waals surface area (Å²) in [5, 5.41) is 2.65. The van der Waals surface area contributed by atoms with Gasteiger partial charge in [0.1, 0.15) is 17.4 Å². The second-order valence-corrected chi connectivity index (χ2v) is 4.95. The first kappa shape index (κ1) is 12.5. The highest BCUT2D eigenvalue weighted by Gasteiger charge is 2.44. The Balaban J connectivity index is 2.46. The van der Waals surface area contributed by atoms with Gasteiger partial charge in [-0.2, -0.15) is 0 Å².